The number of hydrogen-bond donors (Lipinski definition) is 0. The van der Waals surface area contributed by atoms with Crippen LogP contribution in [-0.4, -0.2) is 41.9 Å². The SMILES string of the molecule is CC1(C)CN2CCN(C(=O)CCc3cccs3)CC2c2ccccc21. The van der Waals surface area contributed by atoms with E-state index in [1.165, 1.54) is 16.0 Å². The van der Waals surface area contributed by atoms with Gasteiger partial charge in [0.1, 0.15) is 0 Å². The molecule has 2 aliphatic heterocycles. The van der Waals surface area contributed by atoms with Crippen LogP contribution in [0.4, 0.5) is 0 Å². The monoisotopic (exact) mass is 354 g/mol. The van der Waals surface area contributed by atoms with Crippen LogP contribution in [0.15, 0.2) is 41.8 Å². The van der Waals surface area contributed by atoms with E-state index in [4.69, 9.17) is 0 Å². The highest BCUT2D eigenvalue weighted by Gasteiger charge is 2.40. The Hall–Kier alpha value is -1.65. The fourth-order valence-electron chi connectivity index (χ4n) is 4.37. The van der Waals surface area contributed by atoms with Gasteiger partial charge in [0.2, 0.25) is 5.91 Å². The quantitative estimate of drug-likeness (QED) is 0.836. The molecule has 0 spiro atoms. The van der Waals surface area contributed by atoms with Gasteiger partial charge in [-0.1, -0.05) is 44.2 Å². The van der Waals surface area contributed by atoms with Crippen molar-refractivity contribution in [2.75, 3.05) is 26.2 Å². The molecule has 0 saturated carbocycles. The topological polar surface area (TPSA) is 23.6 Å². The molecule has 1 aromatic carbocycles. The van der Waals surface area contributed by atoms with E-state index in [9.17, 15) is 4.79 Å². The van der Waals surface area contributed by atoms with Crippen molar-refractivity contribution >= 4 is 17.2 Å². The van der Waals surface area contributed by atoms with Gasteiger partial charge in [-0.15, -0.1) is 11.3 Å². The number of nitrogens with zero attached hydrogens (tertiary/aromatic N) is 2. The van der Waals surface area contributed by atoms with Crippen molar-refractivity contribution in [2.24, 2.45) is 0 Å². The summed E-state index contributed by atoms with van der Waals surface area (Å²) in [7, 11) is 0. The molecule has 132 valence electrons. The molecule has 4 rings (SSSR count). The largest absolute Gasteiger partial charge is 0.339 e. The summed E-state index contributed by atoms with van der Waals surface area (Å²) in [5.41, 5.74) is 3.04. The van der Waals surface area contributed by atoms with E-state index in [1.807, 2.05) is 0 Å². The highest BCUT2D eigenvalue weighted by atomic mass is 32.1. The van der Waals surface area contributed by atoms with Crippen molar-refractivity contribution in [1.29, 1.82) is 0 Å². The Morgan fingerprint density at radius 1 is 1.20 bits per heavy atom. The zero-order chi connectivity index (χ0) is 17.4. The molecule has 0 radical (unpaired) electrons. The Labute approximate surface area is 154 Å². The van der Waals surface area contributed by atoms with Crippen LogP contribution in [0.1, 0.15) is 42.3 Å². The lowest BCUT2D eigenvalue weighted by atomic mass is 9.75. The number of rotatable bonds is 3. The van der Waals surface area contributed by atoms with Crippen LogP contribution in [0.2, 0.25) is 0 Å². The lowest BCUT2D eigenvalue weighted by Crippen LogP contribution is -2.55. The summed E-state index contributed by atoms with van der Waals surface area (Å²) < 4.78 is 0. The van der Waals surface area contributed by atoms with E-state index in [0.717, 1.165) is 32.6 Å². The van der Waals surface area contributed by atoms with Gasteiger partial charge in [-0.05, 0) is 29.0 Å². The molecule has 0 bridgehead atoms. The van der Waals surface area contributed by atoms with Crippen LogP contribution >= 0.6 is 11.3 Å². The zero-order valence-electron chi connectivity index (χ0n) is 15.1. The Balaban J connectivity index is 1.49. The number of aryl methyl sites for hydroxylation is 1. The summed E-state index contributed by atoms with van der Waals surface area (Å²) in [4.78, 5) is 18.7. The molecule has 2 aliphatic rings. The number of thiophene rings is 1. The first-order valence-electron chi connectivity index (χ1n) is 9.18. The normalized spacial score (nSPS) is 22.3. The summed E-state index contributed by atoms with van der Waals surface area (Å²) in [5, 5.41) is 2.08. The number of hydrogen-bond acceptors (Lipinski definition) is 3. The lowest BCUT2D eigenvalue weighted by molar-refractivity contribution is -0.134. The maximum absolute atomic E-state index is 12.7. The van der Waals surface area contributed by atoms with Crippen molar-refractivity contribution < 1.29 is 4.79 Å². The second-order valence-electron chi connectivity index (χ2n) is 7.88. The van der Waals surface area contributed by atoms with E-state index in [0.29, 0.717) is 18.4 Å². The third-order valence-corrected chi connectivity index (χ3v) is 6.59. The van der Waals surface area contributed by atoms with Crippen LogP contribution in [0, 0.1) is 0 Å². The molecule has 4 heteroatoms. The molecule has 1 fully saturated rings. The molecule has 1 unspecified atom stereocenters. The van der Waals surface area contributed by atoms with E-state index in [-0.39, 0.29) is 5.41 Å². The first kappa shape index (κ1) is 16.8. The summed E-state index contributed by atoms with van der Waals surface area (Å²) in [6, 6.07) is 13.3. The third-order valence-electron chi connectivity index (χ3n) is 5.66. The molecular weight excluding hydrogens is 328 g/mol. The van der Waals surface area contributed by atoms with E-state index >= 15 is 0 Å². The maximum Gasteiger partial charge on any atom is 0.223 e. The van der Waals surface area contributed by atoms with Gasteiger partial charge in [0, 0.05) is 42.9 Å². The molecule has 3 heterocycles. The molecule has 1 amide bonds. The fourth-order valence-corrected chi connectivity index (χ4v) is 5.08. The number of fused-ring (bicyclic) bond motifs is 3. The Bertz CT molecular complexity index is 753. The Morgan fingerprint density at radius 2 is 2.04 bits per heavy atom. The fraction of sp³-hybridized carbons (Fsp3) is 0.476. The van der Waals surface area contributed by atoms with Crippen molar-refractivity contribution in [3.63, 3.8) is 0 Å². The van der Waals surface area contributed by atoms with Crippen molar-refractivity contribution in [2.45, 2.75) is 38.1 Å². The maximum atomic E-state index is 12.7. The molecule has 1 atom stereocenters. The highest BCUT2D eigenvalue weighted by molar-refractivity contribution is 7.09. The standard InChI is InChI=1S/C21H26N2OS/c1-21(2)15-23-12-11-22(20(24)10-9-16-6-5-13-25-16)14-19(23)17-7-3-4-8-18(17)21/h3-8,13,19H,9-12,14-15H2,1-2H3. The van der Waals surface area contributed by atoms with Gasteiger partial charge in [0.05, 0.1) is 6.04 Å². The predicted molar refractivity (Wildman–Crippen MR) is 103 cm³/mol. The number of carbonyl (C=O) groups excluding carboxylic acids is 1. The third kappa shape index (κ3) is 3.25. The molecule has 0 N–H and O–H groups in total. The summed E-state index contributed by atoms with van der Waals surface area (Å²) >= 11 is 1.74. The van der Waals surface area contributed by atoms with Gasteiger partial charge in [0.15, 0.2) is 0 Å². The molecular formula is C21H26N2OS. The number of amides is 1. The number of benzene rings is 1. The minimum atomic E-state index is 0.179. The van der Waals surface area contributed by atoms with Gasteiger partial charge >= 0.3 is 0 Å². The molecule has 0 aliphatic carbocycles. The van der Waals surface area contributed by atoms with Crippen LogP contribution in [0.25, 0.3) is 0 Å². The zero-order valence-corrected chi connectivity index (χ0v) is 15.9. The highest BCUT2D eigenvalue weighted by Crippen LogP contribution is 2.41. The second kappa shape index (κ2) is 6.58. The van der Waals surface area contributed by atoms with Crippen LogP contribution in [0.5, 0.6) is 0 Å². The molecule has 1 saturated heterocycles. The smallest absolute Gasteiger partial charge is 0.223 e. The van der Waals surface area contributed by atoms with Gasteiger partial charge in [-0.3, -0.25) is 9.69 Å². The van der Waals surface area contributed by atoms with Gasteiger partial charge < -0.3 is 4.90 Å². The summed E-state index contributed by atoms with van der Waals surface area (Å²) in [6.07, 6.45) is 1.49. The first-order valence-corrected chi connectivity index (χ1v) is 10.1. The lowest BCUT2D eigenvalue weighted by Gasteiger charge is -2.50. The van der Waals surface area contributed by atoms with Gasteiger partial charge in [-0.25, -0.2) is 0 Å². The van der Waals surface area contributed by atoms with Gasteiger partial charge in [-0.2, -0.15) is 0 Å². The van der Waals surface area contributed by atoms with Crippen LogP contribution < -0.4 is 0 Å². The summed E-state index contributed by atoms with van der Waals surface area (Å²) in [6.45, 7) is 8.41. The second-order valence-corrected chi connectivity index (χ2v) is 8.91. The minimum absolute atomic E-state index is 0.179. The number of carbonyl (C=O) groups is 1. The molecule has 1 aromatic heterocycles. The molecule has 25 heavy (non-hydrogen) atoms. The number of piperazine rings is 1. The van der Waals surface area contributed by atoms with Crippen molar-refractivity contribution in [3.05, 3.63) is 57.8 Å². The van der Waals surface area contributed by atoms with Gasteiger partial charge in [0.25, 0.3) is 0 Å². The first-order chi connectivity index (χ1) is 12.0. The van der Waals surface area contributed by atoms with Crippen LogP contribution in [0.3, 0.4) is 0 Å². The van der Waals surface area contributed by atoms with E-state index < -0.39 is 0 Å². The van der Waals surface area contributed by atoms with Crippen molar-refractivity contribution in [3.8, 4) is 0 Å². The Kier molecular flexibility index (Phi) is 4.42. The van der Waals surface area contributed by atoms with E-state index in [2.05, 4.69) is 65.4 Å². The van der Waals surface area contributed by atoms with Crippen molar-refractivity contribution in [1.82, 2.24) is 9.80 Å². The Morgan fingerprint density at radius 3 is 2.84 bits per heavy atom. The average Bonchev–Trinajstić information content (AvgIpc) is 3.13. The summed E-state index contributed by atoms with van der Waals surface area (Å²) in [5.74, 6) is 0.301. The molecule has 3 nitrogen and oxygen atoms in total. The minimum Gasteiger partial charge on any atom is -0.339 e. The molecule has 2 aromatic rings. The predicted octanol–water partition coefficient (Wildman–Crippen LogP) is 3.86. The van der Waals surface area contributed by atoms with Crippen LogP contribution in [-0.2, 0) is 16.6 Å². The van der Waals surface area contributed by atoms with E-state index in [1.54, 1.807) is 11.3 Å². The average molecular weight is 355 g/mol.